The summed E-state index contributed by atoms with van der Waals surface area (Å²) in [6, 6.07) is 11.0. The molecule has 1 fully saturated rings. The number of hydrogen-bond donors (Lipinski definition) is 3. The molecule has 0 saturated heterocycles. The van der Waals surface area contributed by atoms with Crippen LogP contribution in [0.3, 0.4) is 0 Å². The Morgan fingerprint density at radius 3 is 2.64 bits per heavy atom. The second kappa shape index (κ2) is 8.37. The van der Waals surface area contributed by atoms with Crippen molar-refractivity contribution in [3.05, 3.63) is 54.0 Å². The molecule has 2 aromatic rings. The van der Waals surface area contributed by atoms with Crippen molar-refractivity contribution in [1.82, 2.24) is 10.6 Å². The molecule has 132 valence electrons. The standard InChI is InChI=1S/C19H23N3O3/c23-18(22-14-6-1-2-7-14)13-20-17-10-4-3-9-16(17)19(24)21-12-15-8-5-11-25-15/h3-5,8-11,14,20H,1-2,6-7,12-13H2,(H,21,24)(H,22,23). The van der Waals surface area contributed by atoms with Crippen molar-refractivity contribution in [3.8, 4) is 0 Å². The molecule has 1 saturated carbocycles. The van der Waals surface area contributed by atoms with Gasteiger partial charge in [0.25, 0.3) is 5.91 Å². The summed E-state index contributed by atoms with van der Waals surface area (Å²) in [6.07, 6.45) is 6.03. The first kappa shape index (κ1) is 17.1. The quantitative estimate of drug-likeness (QED) is 0.723. The molecule has 3 N–H and O–H groups in total. The van der Waals surface area contributed by atoms with E-state index in [1.807, 2.05) is 6.07 Å². The molecule has 1 aromatic carbocycles. The number of rotatable bonds is 7. The maximum absolute atomic E-state index is 12.4. The number of amides is 2. The maximum Gasteiger partial charge on any atom is 0.253 e. The molecule has 1 aromatic heterocycles. The fraction of sp³-hybridized carbons (Fsp3) is 0.368. The van der Waals surface area contributed by atoms with Gasteiger partial charge < -0.3 is 20.4 Å². The van der Waals surface area contributed by atoms with Gasteiger partial charge in [0.15, 0.2) is 0 Å². The van der Waals surface area contributed by atoms with E-state index in [2.05, 4.69) is 16.0 Å². The Balaban J connectivity index is 1.54. The number of carbonyl (C=O) groups excluding carboxylic acids is 2. The highest BCUT2D eigenvalue weighted by molar-refractivity contribution is 6.00. The summed E-state index contributed by atoms with van der Waals surface area (Å²) in [4.78, 5) is 24.4. The molecule has 1 aliphatic carbocycles. The van der Waals surface area contributed by atoms with Crippen LogP contribution in [0.25, 0.3) is 0 Å². The van der Waals surface area contributed by atoms with Crippen LogP contribution in [-0.2, 0) is 11.3 Å². The van der Waals surface area contributed by atoms with Crippen LogP contribution >= 0.6 is 0 Å². The molecule has 3 rings (SSSR count). The summed E-state index contributed by atoms with van der Waals surface area (Å²) in [5.74, 6) is 0.433. The zero-order chi connectivity index (χ0) is 17.5. The van der Waals surface area contributed by atoms with E-state index >= 15 is 0 Å². The number of furan rings is 1. The zero-order valence-electron chi connectivity index (χ0n) is 14.1. The summed E-state index contributed by atoms with van der Waals surface area (Å²) < 4.78 is 5.21. The molecule has 1 aliphatic rings. The fourth-order valence-electron chi connectivity index (χ4n) is 3.04. The van der Waals surface area contributed by atoms with E-state index in [-0.39, 0.29) is 18.4 Å². The van der Waals surface area contributed by atoms with Crippen LogP contribution in [0.1, 0.15) is 41.8 Å². The third-order valence-corrected chi connectivity index (χ3v) is 4.33. The minimum Gasteiger partial charge on any atom is -0.467 e. The van der Waals surface area contributed by atoms with E-state index in [9.17, 15) is 9.59 Å². The van der Waals surface area contributed by atoms with Gasteiger partial charge in [-0.1, -0.05) is 25.0 Å². The second-order valence-electron chi connectivity index (χ2n) is 6.21. The minimum atomic E-state index is -0.212. The van der Waals surface area contributed by atoms with Crippen LogP contribution in [0.5, 0.6) is 0 Å². The summed E-state index contributed by atoms with van der Waals surface area (Å²) >= 11 is 0. The summed E-state index contributed by atoms with van der Waals surface area (Å²) in [5, 5.41) is 8.91. The van der Waals surface area contributed by atoms with Gasteiger partial charge in [-0.3, -0.25) is 9.59 Å². The van der Waals surface area contributed by atoms with Gasteiger partial charge in [0.05, 0.1) is 24.9 Å². The molecule has 0 aliphatic heterocycles. The number of carbonyl (C=O) groups is 2. The van der Waals surface area contributed by atoms with Crippen molar-refractivity contribution in [1.29, 1.82) is 0 Å². The summed E-state index contributed by atoms with van der Waals surface area (Å²) in [5.41, 5.74) is 1.14. The lowest BCUT2D eigenvalue weighted by Gasteiger charge is -2.14. The third-order valence-electron chi connectivity index (χ3n) is 4.33. The lowest BCUT2D eigenvalue weighted by molar-refractivity contribution is -0.120. The van der Waals surface area contributed by atoms with Crippen molar-refractivity contribution >= 4 is 17.5 Å². The Hall–Kier alpha value is -2.76. The topological polar surface area (TPSA) is 83.4 Å². The Bertz CT molecular complexity index is 706. The average molecular weight is 341 g/mol. The van der Waals surface area contributed by atoms with E-state index < -0.39 is 0 Å². The van der Waals surface area contributed by atoms with Crippen molar-refractivity contribution in [3.63, 3.8) is 0 Å². The highest BCUT2D eigenvalue weighted by Gasteiger charge is 2.17. The zero-order valence-corrected chi connectivity index (χ0v) is 14.1. The van der Waals surface area contributed by atoms with Crippen molar-refractivity contribution in [2.75, 3.05) is 11.9 Å². The van der Waals surface area contributed by atoms with Crippen LogP contribution in [0.2, 0.25) is 0 Å². The molecular formula is C19H23N3O3. The first-order valence-corrected chi connectivity index (χ1v) is 8.65. The van der Waals surface area contributed by atoms with Crippen LogP contribution in [0, 0.1) is 0 Å². The summed E-state index contributed by atoms with van der Waals surface area (Å²) in [7, 11) is 0. The van der Waals surface area contributed by atoms with E-state index in [1.165, 1.54) is 12.8 Å². The van der Waals surface area contributed by atoms with Gasteiger partial charge in [-0.2, -0.15) is 0 Å². The smallest absolute Gasteiger partial charge is 0.253 e. The molecule has 0 bridgehead atoms. The highest BCUT2D eigenvalue weighted by Crippen LogP contribution is 2.18. The molecule has 25 heavy (non-hydrogen) atoms. The molecule has 0 spiro atoms. The van der Waals surface area contributed by atoms with Crippen LogP contribution in [0.15, 0.2) is 47.1 Å². The van der Waals surface area contributed by atoms with Crippen LogP contribution < -0.4 is 16.0 Å². The van der Waals surface area contributed by atoms with Gasteiger partial charge in [0.1, 0.15) is 5.76 Å². The third kappa shape index (κ3) is 4.86. The largest absolute Gasteiger partial charge is 0.467 e. The molecule has 2 amide bonds. The highest BCUT2D eigenvalue weighted by atomic mass is 16.3. The average Bonchev–Trinajstić information content (AvgIpc) is 3.32. The van der Waals surface area contributed by atoms with Crippen LogP contribution in [-0.4, -0.2) is 24.4 Å². The molecule has 0 radical (unpaired) electrons. The Morgan fingerprint density at radius 1 is 1.08 bits per heavy atom. The lowest BCUT2D eigenvalue weighted by atomic mass is 10.1. The van der Waals surface area contributed by atoms with Crippen LogP contribution in [0.4, 0.5) is 5.69 Å². The Kier molecular flexibility index (Phi) is 5.72. The van der Waals surface area contributed by atoms with Gasteiger partial charge in [0, 0.05) is 11.7 Å². The van der Waals surface area contributed by atoms with E-state index in [4.69, 9.17) is 4.42 Å². The Labute approximate surface area is 147 Å². The molecule has 0 atom stereocenters. The van der Waals surface area contributed by atoms with Gasteiger partial charge in [0.2, 0.25) is 5.91 Å². The van der Waals surface area contributed by atoms with Gasteiger partial charge in [-0.15, -0.1) is 0 Å². The number of anilines is 1. The Morgan fingerprint density at radius 2 is 1.88 bits per heavy atom. The van der Waals surface area contributed by atoms with Crippen molar-refractivity contribution in [2.45, 2.75) is 38.3 Å². The second-order valence-corrected chi connectivity index (χ2v) is 6.21. The number of benzene rings is 1. The predicted octanol–water partition coefficient (Wildman–Crippen LogP) is 2.68. The first-order valence-electron chi connectivity index (χ1n) is 8.65. The summed E-state index contributed by atoms with van der Waals surface area (Å²) in [6.45, 7) is 0.474. The van der Waals surface area contributed by atoms with Gasteiger partial charge in [-0.05, 0) is 37.1 Å². The minimum absolute atomic E-state index is 0.0438. The number of nitrogens with one attached hydrogen (secondary N) is 3. The van der Waals surface area contributed by atoms with Crippen molar-refractivity contribution < 1.29 is 14.0 Å². The lowest BCUT2D eigenvalue weighted by Crippen LogP contribution is -2.37. The normalized spacial score (nSPS) is 14.2. The molecule has 6 nitrogen and oxygen atoms in total. The molecule has 6 heteroatoms. The molecule has 0 unspecified atom stereocenters. The molecular weight excluding hydrogens is 318 g/mol. The van der Waals surface area contributed by atoms with Crippen molar-refractivity contribution in [2.24, 2.45) is 0 Å². The monoisotopic (exact) mass is 341 g/mol. The van der Waals surface area contributed by atoms with Gasteiger partial charge >= 0.3 is 0 Å². The SMILES string of the molecule is O=C(CNc1ccccc1C(=O)NCc1ccco1)NC1CCCC1. The first-order chi connectivity index (χ1) is 12.2. The van der Waals surface area contributed by atoms with E-state index in [0.717, 1.165) is 12.8 Å². The predicted molar refractivity (Wildman–Crippen MR) is 95.2 cm³/mol. The molecule has 1 heterocycles. The number of para-hydroxylation sites is 1. The maximum atomic E-state index is 12.4. The van der Waals surface area contributed by atoms with Gasteiger partial charge in [-0.25, -0.2) is 0 Å². The fourth-order valence-corrected chi connectivity index (χ4v) is 3.04. The van der Waals surface area contributed by atoms with E-state index in [1.54, 1.807) is 36.6 Å². The number of hydrogen-bond acceptors (Lipinski definition) is 4. The van der Waals surface area contributed by atoms with E-state index in [0.29, 0.717) is 29.6 Å².